The number of aromatic nitrogens is 5. The minimum absolute atomic E-state index is 0.0296. The third-order valence-corrected chi connectivity index (χ3v) is 5.80. The summed E-state index contributed by atoms with van der Waals surface area (Å²) in [4.78, 5) is 12.5. The number of hydrogen-bond donors (Lipinski definition) is 1. The van der Waals surface area contributed by atoms with Crippen molar-refractivity contribution in [3.05, 3.63) is 78.2 Å². The molecule has 0 bridgehead atoms. The zero-order valence-corrected chi connectivity index (χ0v) is 19.8. The number of fused-ring (bicyclic) bond motifs is 1. The summed E-state index contributed by atoms with van der Waals surface area (Å²) in [6.07, 6.45) is -6.83. The molecule has 3 heterocycles. The highest BCUT2D eigenvalue weighted by molar-refractivity contribution is 5.81. The molecule has 0 radical (unpaired) electrons. The van der Waals surface area contributed by atoms with Crippen LogP contribution in [-0.2, 0) is 26.4 Å². The topological polar surface area (TPSA) is 69.8 Å². The summed E-state index contributed by atoms with van der Waals surface area (Å²) in [5.74, 6) is 1.16. The maximum Gasteiger partial charge on any atom is 0.433 e. The molecule has 196 valence electrons. The first-order valence-electron chi connectivity index (χ1n) is 11.0. The minimum atomic E-state index is -4.55. The van der Waals surface area contributed by atoms with Crippen molar-refractivity contribution in [3.8, 4) is 23.0 Å². The molecular weight excluding hydrogens is 514 g/mol. The molecule has 0 saturated carbocycles. The van der Waals surface area contributed by atoms with Crippen molar-refractivity contribution < 1.29 is 31.1 Å². The van der Waals surface area contributed by atoms with Crippen molar-refractivity contribution in [3.63, 3.8) is 0 Å². The van der Waals surface area contributed by atoms with E-state index in [9.17, 15) is 26.3 Å². The summed E-state index contributed by atoms with van der Waals surface area (Å²) in [6, 6.07) is 12.7. The van der Waals surface area contributed by atoms with Gasteiger partial charge >= 0.3 is 12.4 Å². The number of alkyl halides is 6. The predicted molar refractivity (Wildman–Crippen MR) is 127 cm³/mol. The number of rotatable bonds is 5. The quantitative estimate of drug-likeness (QED) is 0.248. The lowest BCUT2D eigenvalue weighted by Gasteiger charge is -2.10. The second-order valence-corrected chi connectivity index (χ2v) is 8.35. The normalized spacial score (nSPS) is 12.2. The SMILES string of the molecule is Cn1c(C(F)(F)F)cnc1-c1cc(Oc2ccc3c(c2)nc(Nc2ccc(C(F)(F)F)cc2)n3C)ccn1. The molecule has 1 N–H and O–H groups in total. The molecule has 0 saturated heterocycles. The molecule has 0 unspecified atom stereocenters. The van der Waals surface area contributed by atoms with Gasteiger partial charge in [0.2, 0.25) is 5.95 Å². The Bertz CT molecular complexity index is 1620. The van der Waals surface area contributed by atoms with Gasteiger partial charge in [0, 0.05) is 38.1 Å². The fourth-order valence-electron chi connectivity index (χ4n) is 3.87. The van der Waals surface area contributed by atoms with Crippen molar-refractivity contribution in [2.75, 3.05) is 5.32 Å². The number of aryl methyl sites for hydroxylation is 1. The molecule has 0 aliphatic carbocycles. The Morgan fingerprint density at radius 2 is 1.50 bits per heavy atom. The third-order valence-electron chi connectivity index (χ3n) is 5.80. The van der Waals surface area contributed by atoms with Gasteiger partial charge in [0.15, 0.2) is 5.82 Å². The molecule has 3 aromatic heterocycles. The lowest BCUT2D eigenvalue weighted by molar-refractivity contribution is -0.143. The van der Waals surface area contributed by atoms with Gasteiger partial charge in [0.1, 0.15) is 22.9 Å². The lowest BCUT2D eigenvalue weighted by Crippen LogP contribution is -2.11. The molecule has 2 aromatic carbocycles. The zero-order valence-electron chi connectivity index (χ0n) is 19.8. The average Bonchev–Trinajstić information content (AvgIpc) is 3.38. The summed E-state index contributed by atoms with van der Waals surface area (Å²) in [5.41, 5.74) is 0.254. The highest BCUT2D eigenvalue weighted by atomic mass is 19.4. The molecule has 13 heteroatoms. The van der Waals surface area contributed by atoms with Gasteiger partial charge in [-0.3, -0.25) is 4.98 Å². The zero-order chi connectivity index (χ0) is 27.2. The van der Waals surface area contributed by atoms with Gasteiger partial charge in [-0.1, -0.05) is 0 Å². The van der Waals surface area contributed by atoms with Gasteiger partial charge in [0.05, 0.1) is 22.8 Å². The van der Waals surface area contributed by atoms with E-state index in [1.807, 2.05) is 0 Å². The monoisotopic (exact) mass is 532 g/mol. The molecule has 0 atom stereocenters. The molecule has 0 aliphatic rings. The Morgan fingerprint density at radius 3 is 2.16 bits per heavy atom. The van der Waals surface area contributed by atoms with Crippen LogP contribution >= 0.6 is 0 Å². The van der Waals surface area contributed by atoms with Gasteiger partial charge in [-0.2, -0.15) is 26.3 Å². The van der Waals surface area contributed by atoms with Gasteiger partial charge in [-0.25, -0.2) is 9.97 Å². The van der Waals surface area contributed by atoms with Crippen molar-refractivity contribution >= 4 is 22.7 Å². The molecule has 5 rings (SSSR count). The maximum absolute atomic E-state index is 13.1. The minimum Gasteiger partial charge on any atom is -0.457 e. The van der Waals surface area contributed by atoms with Crippen LogP contribution in [0, 0.1) is 0 Å². The number of benzene rings is 2. The van der Waals surface area contributed by atoms with Crippen molar-refractivity contribution in [2.45, 2.75) is 12.4 Å². The van der Waals surface area contributed by atoms with E-state index in [-0.39, 0.29) is 11.5 Å². The lowest BCUT2D eigenvalue weighted by atomic mass is 10.2. The molecule has 5 aromatic rings. The van der Waals surface area contributed by atoms with E-state index in [0.29, 0.717) is 28.7 Å². The standard InChI is InChI=1S/C25H18F6N6O/c1-36-20-8-7-16(11-18(20)35-23(36)34-15-5-3-14(4-6-15)24(26,27)28)38-17-9-10-32-19(12-17)22-33-13-21(37(22)2)25(29,30)31/h3-13H,1-2H3,(H,34,35). The molecule has 0 aliphatic heterocycles. The Balaban J connectivity index is 1.37. The number of ether oxygens (including phenoxy) is 1. The Labute approximate surface area is 211 Å². The summed E-state index contributed by atoms with van der Waals surface area (Å²) in [5, 5.41) is 3.00. The van der Waals surface area contributed by atoms with Crippen LogP contribution < -0.4 is 10.1 Å². The third kappa shape index (κ3) is 4.86. The highest BCUT2D eigenvalue weighted by Crippen LogP contribution is 2.34. The van der Waals surface area contributed by atoms with Crippen LogP contribution in [0.5, 0.6) is 11.5 Å². The number of nitrogens with one attached hydrogen (secondary N) is 1. The number of pyridine rings is 1. The maximum atomic E-state index is 13.1. The smallest absolute Gasteiger partial charge is 0.433 e. The second-order valence-electron chi connectivity index (χ2n) is 8.35. The molecule has 7 nitrogen and oxygen atoms in total. The van der Waals surface area contributed by atoms with Crippen molar-refractivity contribution in [1.29, 1.82) is 0 Å². The number of imidazole rings is 2. The number of halogens is 6. The highest BCUT2D eigenvalue weighted by Gasteiger charge is 2.35. The van der Waals surface area contributed by atoms with Gasteiger partial charge in [-0.05, 0) is 42.5 Å². The Morgan fingerprint density at radius 1 is 0.789 bits per heavy atom. The van der Waals surface area contributed by atoms with E-state index >= 15 is 0 Å². The summed E-state index contributed by atoms with van der Waals surface area (Å²) in [6.45, 7) is 0. The number of anilines is 2. The largest absolute Gasteiger partial charge is 0.457 e. The fraction of sp³-hybridized carbons (Fsp3) is 0.160. The van der Waals surface area contributed by atoms with Crippen molar-refractivity contribution in [2.24, 2.45) is 14.1 Å². The van der Waals surface area contributed by atoms with Crippen LogP contribution in [0.2, 0.25) is 0 Å². The number of hydrogen-bond acceptors (Lipinski definition) is 5. The first-order chi connectivity index (χ1) is 17.9. The fourth-order valence-corrected chi connectivity index (χ4v) is 3.87. The second kappa shape index (κ2) is 9.08. The first kappa shape index (κ1) is 25.1. The van der Waals surface area contributed by atoms with Gasteiger partial charge in [-0.15, -0.1) is 0 Å². The van der Waals surface area contributed by atoms with Crippen LogP contribution in [-0.4, -0.2) is 24.1 Å². The Kier molecular flexibility index (Phi) is 6.00. The van der Waals surface area contributed by atoms with Crippen LogP contribution in [0.25, 0.3) is 22.6 Å². The average molecular weight is 532 g/mol. The molecule has 38 heavy (non-hydrogen) atoms. The van der Waals surface area contributed by atoms with Crippen LogP contribution in [0.15, 0.2) is 67.0 Å². The number of nitrogens with zero attached hydrogens (tertiary/aromatic N) is 5. The van der Waals surface area contributed by atoms with E-state index in [1.54, 1.807) is 35.9 Å². The van der Waals surface area contributed by atoms with Crippen LogP contribution in [0.4, 0.5) is 38.0 Å². The van der Waals surface area contributed by atoms with E-state index in [0.717, 1.165) is 28.4 Å². The first-order valence-corrected chi connectivity index (χ1v) is 11.0. The van der Waals surface area contributed by atoms with Crippen LogP contribution in [0.1, 0.15) is 11.3 Å². The molecule has 0 spiro atoms. The molecular formula is C25H18F6N6O. The summed E-state index contributed by atoms with van der Waals surface area (Å²) < 4.78 is 86.4. The van der Waals surface area contributed by atoms with E-state index in [1.165, 1.54) is 31.4 Å². The van der Waals surface area contributed by atoms with Gasteiger partial charge < -0.3 is 19.2 Å². The van der Waals surface area contributed by atoms with E-state index in [4.69, 9.17) is 4.74 Å². The van der Waals surface area contributed by atoms with E-state index in [2.05, 4.69) is 20.3 Å². The molecule has 0 amide bonds. The van der Waals surface area contributed by atoms with Gasteiger partial charge in [0.25, 0.3) is 0 Å². The predicted octanol–water partition coefficient (Wildman–Crippen LogP) is 6.94. The van der Waals surface area contributed by atoms with Crippen molar-refractivity contribution in [1.82, 2.24) is 24.1 Å². The molecule has 0 fully saturated rings. The summed E-state index contributed by atoms with van der Waals surface area (Å²) >= 11 is 0. The summed E-state index contributed by atoms with van der Waals surface area (Å²) in [7, 11) is 3.01. The van der Waals surface area contributed by atoms with Crippen LogP contribution in [0.3, 0.4) is 0 Å². The Hall–Kier alpha value is -4.55. The van der Waals surface area contributed by atoms with E-state index < -0.39 is 23.6 Å².